The molecule has 0 radical (unpaired) electrons. The van der Waals surface area contributed by atoms with Gasteiger partial charge in [0.1, 0.15) is 13.2 Å². The fourth-order valence-electron chi connectivity index (χ4n) is 3.19. The maximum Gasteiger partial charge on any atom is 0.257 e. The van der Waals surface area contributed by atoms with Crippen LogP contribution in [0.2, 0.25) is 0 Å². The highest BCUT2D eigenvalue weighted by molar-refractivity contribution is 5.95. The highest BCUT2D eigenvalue weighted by atomic mass is 16.6. The largest absolute Gasteiger partial charge is 0.486 e. The standard InChI is InChI=1S/C21H21N3O3/c1-15-18(13-22-24(15)17-6-4-3-5-7-17)21(25)23(2)14-16-8-9-19-20(12-16)27-11-10-26-19/h3-9,12-13H,10-11,14H2,1-2H3. The molecule has 138 valence electrons. The van der Waals surface area contributed by atoms with Crippen molar-refractivity contribution in [2.24, 2.45) is 0 Å². The van der Waals surface area contributed by atoms with Crippen LogP contribution >= 0.6 is 0 Å². The van der Waals surface area contributed by atoms with E-state index in [9.17, 15) is 4.79 Å². The molecule has 3 aromatic rings. The minimum Gasteiger partial charge on any atom is -0.486 e. The molecule has 0 unspecified atom stereocenters. The highest BCUT2D eigenvalue weighted by Gasteiger charge is 2.20. The van der Waals surface area contributed by atoms with Crippen molar-refractivity contribution in [2.75, 3.05) is 20.3 Å². The average Bonchev–Trinajstić information content (AvgIpc) is 3.09. The van der Waals surface area contributed by atoms with Crippen molar-refractivity contribution in [1.29, 1.82) is 0 Å². The lowest BCUT2D eigenvalue weighted by molar-refractivity contribution is 0.0784. The van der Waals surface area contributed by atoms with E-state index in [-0.39, 0.29) is 5.91 Å². The Morgan fingerprint density at radius 2 is 1.85 bits per heavy atom. The Bertz CT molecular complexity index is 966. The molecule has 1 amide bonds. The Kier molecular flexibility index (Phi) is 4.54. The Labute approximate surface area is 157 Å². The Hall–Kier alpha value is -3.28. The van der Waals surface area contributed by atoms with Gasteiger partial charge in [-0.1, -0.05) is 24.3 Å². The number of rotatable bonds is 4. The summed E-state index contributed by atoms with van der Waals surface area (Å²) in [6.07, 6.45) is 1.63. The highest BCUT2D eigenvalue weighted by Crippen LogP contribution is 2.31. The third-order valence-corrected chi connectivity index (χ3v) is 4.61. The summed E-state index contributed by atoms with van der Waals surface area (Å²) in [5.74, 6) is 1.41. The molecule has 0 atom stereocenters. The van der Waals surface area contributed by atoms with Gasteiger partial charge in [-0.05, 0) is 36.8 Å². The number of hydrogen-bond acceptors (Lipinski definition) is 4. The Balaban J connectivity index is 1.52. The monoisotopic (exact) mass is 363 g/mol. The molecular formula is C21H21N3O3. The molecule has 2 aromatic carbocycles. The smallest absolute Gasteiger partial charge is 0.257 e. The van der Waals surface area contributed by atoms with Crippen molar-refractivity contribution in [3.05, 3.63) is 71.5 Å². The number of benzene rings is 2. The zero-order valence-electron chi connectivity index (χ0n) is 15.4. The number of fused-ring (bicyclic) bond motifs is 1. The van der Waals surface area contributed by atoms with E-state index < -0.39 is 0 Å². The molecule has 6 nitrogen and oxygen atoms in total. The van der Waals surface area contributed by atoms with E-state index in [2.05, 4.69) is 5.10 Å². The van der Waals surface area contributed by atoms with Crippen molar-refractivity contribution in [1.82, 2.24) is 14.7 Å². The number of amides is 1. The molecule has 0 saturated heterocycles. The number of para-hydroxylation sites is 1. The van der Waals surface area contributed by atoms with Gasteiger partial charge in [-0.25, -0.2) is 4.68 Å². The fourth-order valence-corrected chi connectivity index (χ4v) is 3.19. The zero-order valence-corrected chi connectivity index (χ0v) is 15.4. The van der Waals surface area contributed by atoms with Crippen molar-refractivity contribution >= 4 is 5.91 Å². The molecular weight excluding hydrogens is 342 g/mol. The van der Waals surface area contributed by atoms with Crippen LogP contribution < -0.4 is 9.47 Å². The lowest BCUT2D eigenvalue weighted by atomic mass is 10.1. The second kappa shape index (κ2) is 7.15. The van der Waals surface area contributed by atoms with Crippen molar-refractivity contribution in [3.63, 3.8) is 0 Å². The lowest BCUT2D eigenvalue weighted by Crippen LogP contribution is -2.26. The molecule has 1 aliphatic heterocycles. The first-order valence-corrected chi connectivity index (χ1v) is 8.87. The molecule has 2 heterocycles. The molecule has 27 heavy (non-hydrogen) atoms. The van der Waals surface area contributed by atoms with Gasteiger partial charge >= 0.3 is 0 Å². The van der Waals surface area contributed by atoms with Crippen molar-refractivity contribution in [2.45, 2.75) is 13.5 Å². The van der Waals surface area contributed by atoms with Gasteiger partial charge in [0, 0.05) is 13.6 Å². The van der Waals surface area contributed by atoms with Crippen LogP contribution in [0.1, 0.15) is 21.6 Å². The fraction of sp³-hybridized carbons (Fsp3) is 0.238. The summed E-state index contributed by atoms with van der Waals surface area (Å²) in [5, 5.41) is 4.39. The number of ether oxygens (including phenoxy) is 2. The summed E-state index contributed by atoms with van der Waals surface area (Å²) in [7, 11) is 1.79. The molecule has 0 bridgehead atoms. The summed E-state index contributed by atoms with van der Waals surface area (Å²) in [6, 6.07) is 15.6. The maximum absolute atomic E-state index is 12.9. The van der Waals surface area contributed by atoms with Gasteiger partial charge in [-0.15, -0.1) is 0 Å². The Morgan fingerprint density at radius 3 is 2.63 bits per heavy atom. The van der Waals surface area contributed by atoms with Crippen LogP contribution in [0, 0.1) is 6.92 Å². The first kappa shape index (κ1) is 17.1. The van der Waals surface area contributed by atoms with E-state index in [0.717, 1.165) is 28.4 Å². The second-order valence-electron chi connectivity index (χ2n) is 6.53. The van der Waals surface area contributed by atoms with Crippen LogP contribution in [-0.4, -0.2) is 40.8 Å². The molecule has 0 spiro atoms. The number of hydrogen-bond donors (Lipinski definition) is 0. The van der Waals surface area contributed by atoms with Gasteiger partial charge < -0.3 is 14.4 Å². The maximum atomic E-state index is 12.9. The molecule has 6 heteroatoms. The van der Waals surface area contributed by atoms with E-state index >= 15 is 0 Å². The van der Waals surface area contributed by atoms with Crippen LogP contribution in [-0.2, 0) is 6.54 Å². The first-order chi connectivity index (χ1) is 13.1. The normalized spacial score (nSPS) is 12.7. The van der Waals surface area contributed by atoms with Crippen molar-refractivity contribution in [3.8, 4) is 17.2 Å². The number of carbonyl (C=O) groups is 1. The third kappa shape index (κ3) is 3.38. The number of aromatic nitrogens is 2. The summed E-state index contributed by atoms with van der Waals surface area (Å²) in [5.41, 5.74) is 3.34. The first-order valence-electron chi connectivity index (χ1n) is 8.87. The molecule has 0 aliphatic carbocycles. The number of carbonyl (C=O) groups excluding carboxylic acids is 1. The van der Waals surface area contributed by atoms with Gasteiger partial charge in [0.05, 0.1) is 23.1 Å². The summed E-state index contributed by atoms with van der Waals surface area (Å²) >= 11 is 0. The SMILES string of the molecule is Cc1c(C(=O)N(C)Cc2ccc3c(c2)OCCO3)cnn1-c1ccccc1. The molecule has 4 rings (SSSR count). The van der Waals surface area contributed by atoms with Crippen LogP contribution in [0.15, 0.2) is 54.7 Å². The van der Waals surface area contributed by atoms with E-state index in [0.29, 0.717) is 25.3 Å². The van der Waals surface area contributed by atoms with Gasteiger partial charge in [0.2, 0.25) is 0 Å². The minimum atomic E-state index is -0.0652. The molecule has 1 aliphatic rings. The summed E-state index contributed by atoms with van der Waals surface area (Å²) in [4.78, 5) is 14.6. The topological polar surface area (TPSA) is 56.6 Å². The predicted octanol–water partition coefficient (Wildman–Crippen LogP) is 3.22. The average molecular weight is 363 g/mol. The van der Waals surface area contributed by atoms with E-state index in [1.165, 1.54) is 0 Å². The molecule has 0 fully saturated rings. The van der Waals surface area contributed by atoms with E-state index in [1.54, 1.807) is 22.8 Å². The minimum absolute atomic E-state index is 0.0652. The molecule has 1 aromatic heterocycles. The lowest BCUT2D eigenvalue weighted by Gasteiger charge is -2.21. The van der Waals surface area contributed by atoms with Crippen LogP contribution in [0.5, 0.6) is 11.5 Å². The van der Waals surface area contributed by atoms with Gasteiger partial charge in [0.15, 0.2) is 11.5 Å². The van der Waals surface area contributed by atoms with Crippen LogP contribution in [0.25, 0.3) is 5.69 Å². The van der Waals surface area contributed by atoms with Gasteiger partial charge in [-0.2, -0.15) is 5.10 Å². The van der Waals surface area contributed by atoms with Gasteiger partial charge in [0.25, 0.3) is 5.91 Å². The third-order valence-electron chi connectivity index (χ3n) is 4.61. The molecule has 0 N–H and O–H groups in total. The number of nitrogens with zero attached hydrogens (tertiary/aromatic N) is 3. The Morgan fingerprint density at radius 1 is 1.11 bits per heavy atom. The summed E-state index contributed by atoms with van der Waals surface area (Å²) in [6.45, 7) is 3.50. The van der Waals surface area contributed by atoms with Crippen LogP contribution in [0.4, 0.5) is 0 Å². The van der Waals surface area contributed by atoms with E-state index in [4.69, 9.17) is 9.47 Å². The molecule has 0 saturated carbocycles. The van der Waals surface area contributed by atoms with Crippen molar-refractivity contribution < 1.29 is 14.3 Å². The summed E-state index contributed by atoms with van der Waals surface area (Å²) < 4.78 is 12.9. The second-order valence-corrected chi connectivity index (χ2v) is 6.53. The van der Waals surface area contributed by atoms with Crippen LogP contribution in [0.3, 0.4) is 0 Å². The van der Waals surface area contributed by atoms with E-state index in [1.807, 2.05) is 55.5 Å². The zero-order chi connectivity index (χ0) is 18.8. The quantitative estimate of drug-likeness (QED) is 0.714. The predicted molar refractivity (Wildman–Crippen MR) is 102 cm³/mol. The van der Waals surface area contributed by atoms with Gasteiger partial charge in [-0.3, -0.25) is 4.79 Å².